The van der Waals surface area contributed by atoms with E-state index in [0.717, 1.165) is 24.7 Å². The van der Waals surface area contributed by atoms with E-state index in [2.05, 4.69) is 5.32 Å². The van der Waals surface area contributed by atoms with Crippen LogP contribution in [0.1, 0.15) is 18.0 Å². The third kappa shape index (κ3) is 3.21. The molecular weight excluding hydrogens is 226 g/mol. The van der Waals surface area contributed by atoms with Crippen molar-refractivity contribution >= 4 is 0 Å². The maximum atomic E-state index is 13.5. The maximum absolute atomic E-state index is 13.5. The topological polar surface area (TPSA) is 47.3 Å². The van der Waals surface area contributed by atoms with Crippen LogP contribution >= 0.6 is 0 Å². The van der Waals surface area contributed by atoms with Crippen molar-refractivity contribution in [3.8, 4) is 0 Å². The van der Waals surface area contributed by atoms with Gasteiger partial charge in [-0.3, -0.25) is 0 Å². The van der Waals surface area contributed by atoms with Gasteiger partial charge < -0.3 is 15.8 Å². The summed E-state index contributed by atoms with van der Waals surface area (Å²) < 4.78 is 31.8. The second kappa shape index (κ2) is 5.53. The van der Waals surface area contributed by atoms with Crippen LogP contribution in [0.15, 0.2) is 18.2 Å². The Morgan fingerprint density at radius 3 is 3.00 bits per heavy atom. The van der Waals surface area contributed by atoms with Gasteiger partial charge in [0.1, 0.15) is 11.6 Å². The molecule has 1 aromatic carbocycles. The lowest BCUT2D eigenvalue weighted by Gasteiger charge is -2.26. The Labute approximate surface area is 98.9 Å². The molecule has 0 saturated carbocycles. The van der Waals surface area contributed by atoms with Crippen LogP contribution < -0.4 is 11.1 Å². The number of hydrogen-bond donors (Lipinski definition) is 2. The molecule has 3 N–H and O–H groups in total. The van der Waals surface area contributed by atoms with Gasteiger partial charge in [0, 0.05) is 24.2 Å². The summed E-state index contributed by atoms with van der Waals surface area (Å²) in [5.41, 5.74) is 6.11. The molecule has 2 atom stereocenters. The molecule has 0 radical (unpaired) electrons. The zero-order valence-electron chi connectivity index (χ0n) is 9.46. The predicted molar refractivity (Wildman–Crippen MR) is 60.5 cm³/mol. The Kier molecular flexibility index (Phi) is 4.04. The Hall–Kier alpha value is -1.04. The van der Waals surface area contributed by atoms with E-state index >= 15 is 0 Å². The first-order valence-corrected chi connectivity index (χ1v) is 5.68. The molecule has 5 heteroatoms. The Bertz CT molecular complexity index is 381. The van der Waals surface area contributed by atoms with E-state index in [9.17, 15) is 8.78 Å². The van der Waals surface area contributed by atoms with Gasteiger partial charge in [0.05, 0.1) is 13.2 Å². The molecule has 0 amide bonds. The number of nitrogens with two attached hydrogens (primary N) is 1. The number of benzene rings is 1. The Morgan fingerprint density at radius 2 is 2.29 bits per heavy atom. The molecule has 3 nitrogen and oxygen atoms in total. The fourth-order valence-electron chi connectivity index (χ4n) is 2.00. The summed E-state index contributed by atoms with van der Waals surface area (Å²) in [6, 6.07) is 2.93. The minimum absolute atomic E-state index is 0.0985. The summed E-state index contributed by atoms with van der Waals surface area (Å²) in [4.78, 5) is 0. The minimum atomic E-state index is -0.523. The van der Waals surface area contributed by atoms with Gasteiger partial charge in [0.25, 0.3) is 0 Å². The lowest BCUT2D eigenvalue weighted by atomic mass is 9.99. The number of rotatable bonds is 3. The zero-order chi connectivity index (χ0) is 12.3. The first-order valence-electron chi connectivity index (χ1n) is 5.68. The molecule has 1 aliphatic heterocycles. The van der Waals surface area contributed by atoms with Crippen molar-refractivity contribution in [3.63, 3.8) is 0 Å². The van der Waals surface area contributed by atoms with Crippen LogP contribution in [0.5, 0.6) is 0 Å². The van der Waals surface area contributed by atoms with Crippen molar-refractivity contribution in [2.45, 2.75) is 18.5 Å². The van der Waals surface area contributed by atoms with Crippen molar-refractivity contribution in [2.75, 3.05) is 19.8 Å². The van der Waals surface area contributed by atoms with E-state index in [1.165, 1.54) is 0 Å². The van der Waals surface area contributed by atoms with E-state index in [4.69, 9.17) is 10.5 Å². The van der Waals surface area contributed by atoms with Gasteiger partial charge in [-0.05, 0) is 24.6 Å². The predicted octanol–water partition coefficient (Wildman–Crippen LogP) is 1.34. The summed E-state index contributed by atoms with van der Waals surface area (Å²) >= 11 is 0. The second-order valence-corrected chi connectivity index (χ2v) is 4.23. The highest BCUT2D eigenvalue weighted by Crippen LogP contribution is 2.21. The smallest absolute Gasteiger partial charge is 0.128 e. The van der Waals surface area contributed by atoms with Crippen molar-refractivity contribution in [1.29, 1.82) is 0 Å². The van der Waals surface area contributed by atoms with Gasteiger partial charge in [-0.15, -0.1) is 0 Å². The van der Waals surface area contributed by atoms with Gasteiger partial charge in [-0.1, -0.05) is 0 Å². The normalized spacial score (nSPS) is 22.4. The van der Waals surface area contributed by atoms with Crippen LogP contribution in [0.25, 0.3) is 0 Å². The van der Waals surface area contributed by atoms with Crippen LogP contribution in [0.2, 0.25) is 0 Å². The first-order chi connectivity index (χ1) is 8.16. The average Bonchev–Trinajstić information content (AvgIpc) is 2.33. The monoisotopic (exact) mass is 242 g/mol. The van der Waals surface area contributed by atoms with Gasteiger partial charge >= 0.3 is 0 Å². The summed E-state index contributed by atoms with van der Waals surface area (Å²) in [6.45, 7) is 2.01. The molecule has 1 aromatic rings. The molecule has 1 heterocycles. The van der Waals surface area contributed by atoms with Gasteiger partial charge in [-0.25, -0.2) is 8.78 Å². The van der Waals surface area contributed by atoms with Crippen molar-refractivity contribution in [2.24, 2.45) is 5.73 Å². The molecule has 0 bridgehead atoms. The highest BCUT2D eigenvalue weighted by molar-refractivity contribution is 5.22. The third-order valence-corrected chi connectivity index (χ3v) is 2.89. The minimum Gasteiger partial charge on any atom is -0.379 e. The molecule has 1 fully saturated rings. The van der Waals surface area contributed by atoms with Gasteiger partial charge in [-0.2, -0.15) is 0 Å². The van der Waals surface area contributed by atoms with E-state index in [-0.39, 0.29) is 11.6 Å². The van der Waals surface area contributed by atoms with Crippen molar-refractivity contribution in [3.05, 3.63) is 35.4 Å². The molecule has 2 unspecified atom stereocenters. The number of morpholine rings is 1. The summed E-state index contributed by atoms with van der Waals surface area (Å²) in [7, 11) is 0. The number of nitrogens with one attached hydrogen (secondary N) is 1. The molecule has 1 aliphatic rings. The van der Waals surface area contributed by atoms with E-state index in [0.29, 0.717) is 19.6 Å². The standard InChI is InChI=1S/C12H16F2N2O/c13-8-1-2-11(14)10(5-8)12(15)6-9-7-17-4-3-16-9/h1-2,5,9,12,16H,3-4,6-7,15H2. The Balaban J connectivity index is 2.02. The van der Waals surface area contributed by atoms with Crippen LogP contribution in [-0.4, -0.2) is 25.8 Å². The number of halogens is 2. The molecule has 0 aromatic heterocycles. The SMILES string of the molecule is NC(CC1COCCN1)c1cc(F)ccc1F. The van der Waals surface area contributed by atoms with Gasteiger partial charge in [0.15, 0.2) is 0 Å². The van der Waals surface area contributed by atoms with Crippen LogP contribution in [0.4, 0.5) is 8.78 Å². The fraction of sp³-hybridized carbons (Fsp3) is 0.500. The molecule has 0 aliphatic carbocycles. The maximum Gasteiger partial charge on any atom is 0.128 e. The molecule has 0 spiro atoms. The van der Waals surface area contributed by atoms with Crippen molar-refractivity contribution in [1.82, 2.24) is 5.32 Å². The second-order valence-electron chi connectivity index (χ2n) is 4.23. The largest absolute Gasteiger partial charge is 0.379 e. The van der Waals surface area contributed by atoms with Crippen molar-refractivity contribution < 1.29 is 13.5 Å². The van der Waals surface area contributed by atoms with Gasteiger partial charge in [0.2, 0.25) is 0 Å². The number of hydrogen-bond acceptors (Lipinski definition) is 3. The molecular formula is C12H16F2N2O. The van der Waals surface area contributed by atoms with E-state index in [1.54, 1.807) is 0 Å². The molecule has 94 valence electrons. The van der Waals surface area contributed by atoms with Crippen LogP contribution in [-0.2, 0) is 4.74 Å². The zero-order valence-corrected chi connectivity index (χ0v) is 9.46. The number of ether oxygens (including phenoxy) is 1. The van der Waals surface area contributed by atoms with E-state index < -0.39 is 17.7 Å². The summed E-state index contributed by atoms with van der Waals surface area (Å²) in [5, 5.41) is 3.23. The fourth-order valence-corrected chi connectivity index (χ4v) is 2.00. The molecule has 2 rings (SSSR count). The lowest BCUT2D eigenvalue weighted by molar-refractivity contribution is 0.0718. The molecule has 1 saturated heterocycles. The third-order valence-electron chi connectivity index (χ3n) is 2.89. The lowest BCUT2D eigenvalue weighted by Crippen LogP contribution is -2.43. The highest BCUT2D eigenvalue weighted by atomic mass is 19.1. The van der Waals surface area contributed by atoms with E-state index in [1.807, 2.05) is 0 Å². The first kappa shape index (κ1) is 12.4. The quantitative estimate of drug-likeness (QED) is 0.841. The van der Waals surface area contributed by atoms with Crippen LogP contribution in [0.3, 0.4) is 0 Å². The summed E-state index contributed by atoms with van der Waals surface area (Å²) in [6.07, 6.45) is 0.528. The Morgan fingerprint density at radius 1 is 1.47 bits per heavy atom. The average molecular weight is 242 g/mol. The summed E-state index contributed by atoms with van der Waals surface area (Å²) in [5.74, 6) is -0.930. The highest BCUT2D eigenvalue weighted by Gasteiger charge is 2.20. The molecule has 17 heavy (non-hydrogen) atoms. The van der Waals surface area contributed by atoms with Crippen LogP contribution in [0, 0.1) is 11.6 Å².